The Bertz CT molecular complexity index is 609. The van der Waals surface area contributed by atoms with Crippen molar-refractivity contribution in [2.45, 2.75) is 6.42 Å². The minimum Gasteiger partial charge on any atom is -0.497 e. The van der Waals surface area contributed by atoms with Gasteiger partial charge in [0.05, 0.1) is 26.0 Å². The Morgan fingerprint density at radius 1 is 1.50 bits per heavy atom. The summed E-state index contributed by atoms with van der Waals surface area (Å²) >= 11 is 6.02. The van der Waals surface area contributed by atoms with Crippen LogP contribution in [0.25, 0.3) is 0 Å². The van der Waals surface area contributed by atoms with Gasteiger partial charge in [-0.05, 0) is 35.9 Å². The van der Waals surface area contributed by atoms with E-state index >= 15 is 0 Å². The van der Waals surface area contributed by atoms with E-state index in [0.717, 1.165) is 0 Å². The van der Waals surface area contributed by atoms with Crippen LogP contribution in [-0.4, -0.2) is 19.2 Å². The summed E-state index contributed by atoms with van der Waals surface area (Å²) in [6.45, 7) is 0. The zero-order valence-electron chi connectivity index (χ0n) is 10.8. The van der Waals surface area contributed by atoms with Crippen LogP contribution in [0.1, 0.15) is 11.3 Å². The molecule has 1 N–H and O–H groups in total. The highest BCUT2D eigenvalue weighted by Crippen LogP contribution is 2.22. The molecular formula is C14H13ClN2O3. The number of furan rings is 1. The van der Waals surface area contributed by atoms with E-state index in [0.29, 0.717) is 22.1 Å². The molecule has 104 valence electrons. The van der Waals surface area contributed by atoms with Crippen LogP contribution in [0.2, 0.25) is 5.02 Å². The molecule has 2 aromatic rings. The van der Waals surface area contributed by atoms with E-state index in [1.54, 1.807) is 37.4 Å². The van der Waals surface area contributed by atoms with Gasteiger partial charge in [0.15, 0.2) is 0 Å². The molecule has 0 saturated carbocycles. The minimum atomic E-state index is -0.275. The highest BCUT2D eigenvalue weighted by Gasteiger charge is 2.07. The van der Waals surface area contributed by atoms with Crippen LogP contribution in [0.15, 0.2) is 46.1 Å². The Kier molecular flexibility index (Phi) is 4.79. The third-order valence-corrected chi connectivity index (χ3v) is 2.90. The lowest BCUT2D eigenvalue weighted by molar-refractivity contribution is -0.120. The van der Waals surface area contributed by atoms with Crippen molar-refractivity contribution in [2.24, 2.45) is 5.10 Å². The lowest BCUT2D eigenvalue weighted by atomic mass is 10.1. The molecule has 0 unspecified atom stereocenters. The molecule has 0 bridgehead atoms. The highest BCUT2D eigenvalue weighted by molar-refractivity contribution is 6.31. The Hall–Kier alpha value is -2.27. The molecule has 0 aliphatic heterocycles. The molecule has 5 nitrogen and oxygen atoms in total. The quantitative estimate of drug-likeness (QED) is 0.680. The number of benzene rings is 1. The SMILES string of the molecule is COc1ccc(Cl)c(CC(=O)N/N=C/c2ccco2)c1. The molecule has 0 atom stereocenters. The van der Waals surface area contributed by atoms with Gasteiger partial charge in [-0.25, -0.2) is 5.43 Å². The molecule has 0 spiro atoms. The summed E-state index contributed by atoms with van der Waals surface area (Å²) in [6.07, 6.45) is 3.07. The number of hydrogen-bond acceptors (Lipinski definition) is 4. The Labute approximate surface area is 121 Å². The standard InChI is InChI=1S/C14H13ClN2O3/c1-19-11-4-5-13(15)10(7-11)8-14(18)17-16-9-12-3-2-6-20-12/h2-7,9H,8H2,1H3,(H,17,18)/b16-9+. The Balaban J connectivity index is 1.94. The number of hydrazone groups is 1. The van der Waals surface area contributed by atoms with Crippen LogP contribution >= 0.6 is 11.6 Å². The zero-order chi connectivity index (χ0) is 14.4. The summed E-state index contributed by atoms with van der Waals surface area (Å²) in [5.74, 6) is 0.934. The van der Waals surface area contributed by atoms with E-state index in [9.17, 15) is 4.79 Å². The van der Waals surface area contributed by atoms with Crippen LogP contribution < -0.4 is 10.2 Å². The van der Waals surface area contributed by atoms with Gasteiger partial charge in [0, 0.05) is 5.02 Å². The fraction of sp³-hybridized carbons (Fsp3) is 0.143. The van der Waals surface area contributed by atoms with Crippen molar-refractivity contribution in [3.63, 3.8) is 0 Å². The summed E-state index contributed by atoms with van der Waals surface area (Å²) in [5.41, 5.74) is 3.08. The first-order chi connectivity index (χ1) is 9.69. The predicted molar refractivity (Wildman–Crippen MR) is 76.2 cm³/mol. The smallest absolute Gasteiger partial charge is 0.244 e. The van der Waals surface area contributed by atoms with E-state index in [-0.39, 0.29) is 12.3 Å². The number of nitrogens with one attached hydrogen (secondary N) is 1. The number of ether oxygens (including phenoxy) is 1. The summed E-state index contributed by atoms with van der Waals surface area (Å²) < 4.78 is 10.1. The van der Waals surface area contributed by atoms with Crippen LogP contribution in [0.5, 0.6) is 5.75 Å². The second-order valence-electron chi connectivity index (χ2n) is 3.94. The number of hydrogen-bond donors (Lipinski definition) is 1. The summed E-state index contributed by atoms with van der Waals surface area (Å²) in [4.78, 5) is 11.7. The van der Waals surface area contributed by atoms with Crippen molar-refractivity contribution in [3.05, 3.63) is 52.9 Å². The molecule has 6 heteroatoms. The fourth-order valence-corrected chi connectivity index (χ4v) is 1.74. The first-order valence-corrected chi connectivity index (χ1v) is 6.24. The normalized spacial score (nSPS) is 10.7. The molecule has 0 aliphatic rings. The van der Waals surface area contributed by atoms with Crippen molar-refractivity contribution >= 4 is 23.7 Å². The number of nitrogens with zero attached hydrogens (tertiary/aromatic N) is 1. The maximum atomic E-state index is 11.7. The monoisotopic (exact) mass is 292 g/mol. The molecule has 1 aromatic carbocycles. The summed E-state index contributed by atoms with van der Waals surface area (Å²) in [7, 11) is 1.56. The van der Waals surface area contributed by atoms with Gasteiger partial charge in [-0.1, -0.05) is 11.6 Å². The molecule has 0 aliphatic carbocycles. The molecule has 0 radical (unpaired) electrons. The molecule has 0 saturated heterocycles. The number of halogens is 1. The Morgan fingerprint density at radius 2 is 2.35 bits per heavy atom. The third kappa shape index (κ3) is 3.86. The van der Waals surface area contributed by atoms with Crippen molar-refractivity contribution in [1.82, 2.24) is 5.43 Å². The number of amides is 1. The molecular weight excluding hydrogens is 280 g/mol. The molecule has 2 rings (SSSR count). The second kappa shape index (κ2) is 6.77. The third-order valence-electron chi connectivity index (χ3n) is 2.53. The first-order valence-electron chi connectivity index (χ1n) is 5.87. The van der Waals surface area contributed by atoms with Crippen LogP contribution in [0.3, 0.4) is 0 Å². The van der Waals surface area contributed by atoms with Gasteiger partial charge in [0.2, 0.25) is 5.91 Å². The molecule has 1 heterocycles. The Morgan fingerprint density at radius 3 is 3.05 bits per heavy atom. The number of carbonyl (C=O) groups is 1. The van der Waals surface area contributed by atoms with Gasteiger partial charge in [-0.15, -0.1) is 0 Å². The average molecular weight is 293 g/mol. The van der Waals surface area contributed by atoms with Gasteiger partial charge in [0.1, 0.15) is 11.5 Å². The minimum absolute atomic E-state index is 0.117. The van der Waals surface area contributed by atoms with Crippen molar-refractivity contribution in [1.29, 1.82) is 0 Å². The van der Waals surface area contributed by atoms with E-state index in [1.807, 2.05) is 0 Å². The maximum Gasteiger partial charge on any atom is 0.244 e. The largest absolute Gasteiger partial charge is 0.497 e. The summed E-state index contributed by atoms with van der Waals surface area (Å²) in [6, 6.07) is 8.61. The molecule has 1 aromatic heterocycles. The topological polar surface area (TPSA) is 63.8 Å². The summed E-state index contributed by atoms with van der Waals surface area (Å²) in [5, 5.41) is 4.30. The van der Waals surface area contributed by atoms with Crippen LogP contribution in [0, 0.1) is 0 Å². The average Bonchev–Trinajstić information content (AvgIpc) is 2.94. The van der Waals surface area contributed by atoms with Crippen LogP contribution in [-0.2, 0) is 11.2 Å². The number of methoxy groups -OCH3 is 1. The lowest BCUT2D eigenvalue weighted by Crippen LogP contribution is -2.19. The highest BCUT2D eigenvalue weighted by atomic mass is 35.5. The lowest BCUT2D eigenvalue weighted by Gasteiger charge is -2.06. The van der Waals surface area contributed by atoms with Gasteiger partial charge in [-0.3, -0.25) is 4.79 Å². The van der Waals surface area contributed by atoms with E-state index in [1.165, 1.54) is 12.5 Å². The van der Waals surface area contributed by atoms with Crippen molar-refractivity contribution in [3.8, 4) is 5.75 Å². The van der Waals surface area contributed by atoms with Gasteiger partial charge < -0.3 is 9.15 Å². The maximum absolute atomic E-state index is 11.7. The van der Waals surface area contributed by atoms with E-state index < -0.39 is 0 Å². The van der Waals surface area contributed by atoms with E-state index in [4.69, 9.17) is 20.8 Å². The molecule has 1 amide bonds. The van der Waals surface area contributed by atoms with Gasteiger partial charge >= 0.3 is 0 Å². The molecule has 20 heavy (non-hydrogen) atoms. The van der Waals surface area contributed by atoms with Gasteiger partial charge in [-0.2, -0.15) is 5.10 Å². The molecule has 0 fully saturated rings. The van der Waals surface area contributed by atoms with Crippen molar-refractivity contribution in [2.75, 3.05) is 7.11 Å². The van der Waals surface area contributed by atoms with E-state index in [2.05, 4.69) is 10.5 Å². The second-order valence-corrected chi connectivity index (χ2v) is 4.35. The number of rotatable bonds is 5. The fourth-order valence-electron chi connectivity index (χ4n) is 1.56. The zero-order valence-corrected chi connectivity index (χ0v) is 11.6. The van der Waals surface area contributed by atoms with Crippen molar-refractivity contribution < 1.29 is 13.9 Å². The number of carbonyl (C=O) groups excluding carboxylic acids is 1. The van der Waals surface area contributed by atoms with Gasteiger partial charge in [0.25, 0.3) is 0 Å². The predicted octanol–water partition coefficient (Wildman–Crippen LogP) is 2.63. The van der Waals surface area contributed by atoms with Crippen LogP contribution in [0.4, 0.5) is 0 Å². The first kappa shape index (κ1) is 14.1.